The maximum atomic E-state index is 13.4. The predicted octanol–water partition coefficient (Wildman–Crippen LogP) is 4.35. The van der Waals surface area contributed by atoms with Crippen molar-refractivity contribution in [3.8, 4) is 5.75 Å². The fourth-order valence-corrected chi connectivity index (χ4v) is 6.25. The van der Waals surface area contributed by atoms with Crippen molar-refractivity contribution in [2.45, 2.75) is 66.1 Å². The van der Waals surface area contributed by atoms with Crippen molar-refractivity contribution in [2.24, 2.45) is 5.92 Å². The molecule has 10 nitrogen and oxygen atoms in total. The first-order valence-electron chi connectivity index (χ1n) is 15.3. The summed E-state index contributed by atoms with van der Waals surface area (Å²) in [7, 11) is 0. The SMILES string of the molecule is CCOc1cccc(Cn2ncc3c(N4CCN(C(=O)N5CCC(CN(C(C)C)C(C)C)CC5)CC4)ncnc32)c1. The van der Waals surface area contributed by atoms with Crippen molar-refractivity contribution >= 4 is 22.9 Å². The Labute approximate surface area is 244 Å². The lowest BCUT2D eigenvalue weighted by Gasteiger charge is -2.41. The molecule has 2 fully saturated rings. The summed E-state index contributed by atoms with van der Waals surface area (Å²) in [5, 5.41) is 5.58. The summed E-state index contributed by atoms with van der Waals surface area (Å²) in [5.74, 6) is 2.41. The van der Waals surface area contributed by atoms with Crippen LogP contribution < -0.4 is 9.64 Å². The Hall–Kier alpha value is -3.40. The van der Waals surface area contributed by atoms with Gasteiger partial charge in [0.2, 0.25) is 0 Å². The first kappa shape index (κ1) is 29.1. The van der Waals surface area contributed by atoms with Gasteiger partial charge in [0.15, 0.2) is 5.65 Å². The van der Waals surface area contributed by atoms with Crippen LogP contribution in [0.5, 0.6) is 5.75 Å². The van der Waals surface area contributed by atoms with Gasteiger partial charge < -0.3 is 19.4 Å². The Kier molecular flexibility index (Phi) is 9.27. The largest absolute Gasteiger partial charge is 0.494 e. The summed E-state index contributed by atoms with van der Waals surface area (Å²) in [5.41, 5.74) is 1.92. The zero-order chi connectivity index (χ0) is 28.9. The number of ether oxygens (including phenoxy) is 1. The van der Waals surface area contributed by atoms with Crippen LogP contribution in [0.4, 0.5) is 10.6 Å². The van der Waals surface area contributed by atoms with Crippen molar-refractivity contribution in [1.29, 1.82) is 0 Å². The van der Waals surface area contributed by atoms with Crippen molar-refractivity contribution in [2.75, 3.05) is 57.3 Å². The molecule has 3 aromatic rings. The standard InChI is InChI=1S/C31H46N8O2/c1-6-41-27-9-7-8-26(18-27)21-39-30-28(19-34-39)29(32-22-33-30)35-14-16-37(17-15-35)31(40)36-12-10-25(11-13-36)20-38(23(2)3)24(4)5/h7-9,18-19,22-25H,6,10-17,20-21H2,1-5H3. The number of piperidine rings is 1. The van der Waals surface area contributed by atoms with Crippen molar-refractivity contribution in [3.05, 3.63) is 42.4 Å². The number of hydrogen-bond donors (Lipinski definition) is 0. The van der Waals surface area contributed by atoms with Gasteiger partial charge in [-0.25, -0.2) is 19.4 Å². The zero-order valence-electron chi connectivity index (χ0n) is 25.4. The highest BCUT2D eigenvalue weighted by molar-refractivity contribution is 5.87. The molecule has 0 aliphatic carbocycles. The average molecular weight is 563 g/mol. The second kappa shape index (κ2) is 13.1. The second-order valence-electron chi connectivity index (χ2n) is 11.9. The van der Waals surface area contributed by atoms with Crippen LogP contribution in [0.25, 0.3) is 11.0 Å². The molecule has 0 spiro atoms. The van der Waals surface area contributed by atoms with Gasteiger partial charge in [-0.2, -0.15) is 5.10 Å². The summed E-state index contributed by atoms with van der Waals surface area (Å²) >= 11 is 0. The topological polar surface area (TPSA) is 82.9 Å². The number of likely N-dealkylation sites (tertiary alicyclic amines) is 1. The highest BCUT2D eigenvalue weighted by Gasteiger charge is 2.30. The quantitative estimate of drug-likeness (QED) is 0.384. The molecule has 2 amide bonds. The Bertz CT molecular complexity index is 1280. The smallest absolute Gasteiger partial charge is 0.320 e. The van der Waals surface area contributed by atoms with E-state index in [1.165, 1.54) is 0 Å². The van der Waals surface area contributed by atoms with E-state index in [0.29, 0.717) is 44.2 Å². The fraction of sp³-hybridized carbons (Fsp3) is 0.613. The van der Waals surface area contributed by atoms with E-state index in [2.05, 4.69) is 63.5 Å². The number of amides is 2. The number of carbonyl (C=O) groups excluding carboxylic acids is 1. The third-order valence-electron chi connectivity index (χ3n) is 8.48. The molecule has 4 heterocycles. The molecule has 0 N–H and O–H groups in total. The Morgan fingerprint density at radius 1 is 1.00 bits per heavy atom. The van der Waals surface area contributed by atoms with Gasteiger partial charge in [-0.1, -0.05) is 12.1 Å². The van der Waals surface area contributed by atoms with Crippen molar-refractivity contribution in [3.63, 3.8) is 0 Å². The van der Waals surface area contributed by atoms with Gasteiger partial charge in [0.1, 0.15) is 17.9 Å². The van der Waals surface area contributed by atoms with Crippen LogP contribution in [0.3, 0.4) is 0 Å². The normalized spacial score (nSPS) is 16.9. The van der Waals surface area contributed by atoms with Gasteiger partial charge >= 0.3 is 6.03 Å². The second-order valence-corrected chi connectivity index (χ2v) is 11.9. The zero-order valence-corrected chi connectivity index (χ0v) is 25.4. The van der Waals surface area contributed by atoms with Crippen LogP contribution in [0.2, 0.25) is 0 Å². The molecular formula is C31H46N8O2. The van der Waals surface area contributed by atoms with Crippen LogP contribution in [-0.4, -0.2) is 105 Å². The number of fused-ring (bicyclic) bond motifs is 1. The summed E-state index contributed by atoms with van der Waals surface area (Å²) in [4.78, 5) is 31.5. The van der Waals surface area contributed by atoms with E-state index in [-0.39, 0.29) is 6.03 Å². The molecule has 5 rings (SSSR count). The van der Waals surface area contributed by atoms with Crippen molar-refractivity contribution in [1.82, 2.24) is 34.4 Å². The van der Waals surface area contributed by atoms with Gasteiger partial charge in [0, 0.05) is 57.9 Å². The Balaban J connectivity index is 1.16. The highest BCUT2D eigenvalue weighted by Crippen LogP contribution is 2.26. The van der Waals surface area contributed by atoms with Gasteiger partial charge in [-0.05, 0) is 71.1 Å². The fourth-order valence-electron chi connectivity index (χ4n) is 6.25. The molecule has 10 heteroatoms. The molecule has 0 radical (unpaired) electrons. The van der Waals surface area contributed by atoms with E-state index < -0.39 is 0 Å². The molecule has 0 bridgehead atoms. The summed E-state index contributed by atoms with van der Waals surface area (Å²) < 4.78 is 7.57. The number of anilines is 1. The number of benzene rings is 1. The highest BCUT2D eigenvalue weighted by atomic mass is 16.5. The van der Waals surface area contributed by atoms with Gasteiger partial charge in [-0.15, -0.1) is 0 Å². The lowest BCUT2D eigenvalue weighted by molar-refractivity contribution is 0.0987. The third-order valence-corrected chi connectivity index (χ3v) is 8.48. The van der Waals surface area contributed by atoms with Gasteiger partial charge in [0.05, 0.1) is 24.7 Å². The summed E-state index contributed by atoms with van der Waals surface area (Å²) in [6, 6.07) is 9.37. The van der Waals surface area contributed by atoms with E-state index in [9.17, 15) is 4.79 Å². The molecular weight excluding hydrogens is 516 g/mol. The van der Waals surface area contributed by atoms with E-state index in [4.69, 9.17) is 4.74 Å². The number of nitrogens with zero attached hydrogens (tertiary/aromatic N) is 8. The molecule has 2 aromatic heterocycles. The molecule has 0 atom stereocenters. The molecule has 2 aliphatic rings. The van der Waals surface area contributed by atoms with E-state index in [1.54, 1.807) is 6.33 Å². The number of hydrogen-bond acceptors (Lipinski definition) is 7. The predicted molar refractivity (Wildman–Crippen MR) is 162 cm³/mol. The summed E-state index contributed by atoms with van der Waals surface area (Å²) in [6.45, 7) is 18.0. The minimum absolute atomic E-state index is 0.183. The number of carbonyl (C=O) groups is 1. The molecule has 222 valence electrons. The molecule has 2 aliphatic heterocycles. The molecule has 1 aromatic carbocycles. The van der Waals surface area contributed by atoms with Crippen LogP contribution in [0.15, 0.2) is 36.8 Å². The number of rotatable bonds is 9. The number of aromatic nitrogens is 4. The number of piperazine rings is 1. The first-order valence-corrected chi connectivity index (χ1v) is 15.3. The lowest BCUT2D eigenvalue weighted by atomic mass is 9.95. The van der Waals surface area contributed by atoms with E-state index >= 15 is 0 Å². The van der Waals surface area contributed by atoms with Crippen LogP contribution >= 0.6 is 0 Å². The number of urea groups is 1. The minimum Gasteiger partial charge on any atom is -0.494 e. The van der Waals surface area contributed by atoms with Crippen LogP contribution in [0, 0.1) is 5.92 Å². The molecule has 2 saturated heterocycles. The maximum absolute atomic E-state index is 13.4. The first-order chi connectivity index (χ1) is 19.8. The van der Waals surface area contributed by atoms with E-state index in [1.807, 2.05) is 40.9 Å². The summed E-state index contributed by atoms with van der Waals surface area (Å²) in [6.07, 6.45) is 5.65. The van der Waals surface area contributed by atoms with Gasteiger partial charge in [0.25, 0.3) is 0 Å². The maximum Gasteiger partial charge on any atom is 0.320 e. The monoisotopic (exact) mass is 562 g/mol. The van der Waals surface area contributed by atoms with Gasteiger partial charge in [-0.3, -0.25) is 4.90 Å². The molecule has 0 saturated carbocycles. The van der Waals surface area contributed by atoms with Crippen LogP contribution in [-0.2, 0) is 6.54 Å². The average Bonchev–Trinajstić information content (AvgIpc) is 3.39. The molecule has 41 heavy (non-hydrogen) atoms. The Morgan fingerprint density at radius 3 is 2.39 bits per heavy atom. The van der Waals surface area contributed by atoms with Crippen LogP contribution in [0.1, 0.15) is 53.0 Å². The lowest BCUT2D eigenvalue weighted by Crippen LogP contribution is -2.54. The minimum atomic E-state index is 0.183. The van der Waals surface area contributed by atoms with Crippen molar-refractivity contribution < 1.29 is 9.53 Å². The van der Waals surface area contributed by atoms with E-state index in [0.717, 1.165) is 73.7 Å². The Morgan fingerprint density at radius 2 is 1.71 bits per heavy atom. The molecule has 0 unspecified atom stereocenters. The third kappa shape index (κ3) is 6.74.